The Kier molecular flexibility index (Phi) is 5.82. The third-order valence-corrected chi connectivity index (χ3v) is 4.22. The SMILES string of the molecule is CCCC(=O)Oc1ccc(/C=C2\N=C(c3cccc([N+](=O)[O-])c3C)OC2=O)cc1. The molecule has 148 valence electrons. The third-order valence-electron chi connectivity index (χ3n) is 4.22. The summed E-state index contributed by atoms with van der Waals surface area (Å²) in [6.45, 7) is 3.46. The molecule has 0 aromatic heterocycles. The largest absolute Gasteiger partial charge is 0.427 e. The molecule has 1 heterocycles. The number of nitro groups is 1. The molecule has 0 bridgehead atoms. The first-order valence-corrected chi connectivity index (χ1v) is 8.96. The van der Waals surface area contributed by atoms with Crippen molar-refractivity contribution in [2.75, 3.05) is 0 Å². The number of carbonyl (C=O) groups excluding carboxylic acids is 2. The highest BCUT2D eigenvalue weighted by Crippen LogP contribution is 2.26. The van der Waals surface area contributed by atoms with Crippen molar-refractivity contribution in [2.24, 2.45) is 4.99 Å². The maximum atomic E-state index is 12.2. The van der Waals surface area contributed by atoms with E-state index in [1.165, 1.54) is 18.2 Å². The number of hydrogen-bond donors (Lipinski definition) is 0. The van der Waals surface area contributed by atoms with Crippen LogP contribution in [0.25, 0.3) is 6.08 Å². The molecule has 0 saturated carbocycles. The van der Waals surface area contributed by atoms with E-state index in [2.05, 4.69) is 4.99 Å². The summed E-state index contributed by atoms with van der Waals surface area (Å²) in [5.74, 6) is -0.521. The van der Waals surface area contributed by atoms with E-state index >= 15 is 0 Å². The molecule has 0 radical (unpaired) electrons. The lowest BCUT2D eigenvalue weighted by atomic mass is 10.1. The number of cyclic esters (lactones) is 1. The lowest BCUT2D eigenvalue weighted by Crippen LogP contribution is -2.08. The Balaban J connectivity index is 1.83. The molecule has 0 unspecified atom stereocenters. The van der Waals surface area contributed by atoms with Crippen LogP contribution in [-0.2, 0) is 14.3 Å². The molecule has 1 aliphatic rings. The number of esters is 2. The van der Waals surface area contributed by atoms with E-state index in [1.807, 2.05) is 6.92 Å². The molecule has 1 aliphatic heterocycles. The fraction of sp³-hybridized carbons (Fsp3) is 0.190. The molecule has 0 spiro atoms. The lowest BCUT2D eigenvalue weighted by Gasteiger charge is -2.04. The van der Waals surface area contributed by atoms with Gasteiger partial charge in [-0.2, -0.15) is 0 Å². The van der Waals surface area contributed by atoms with Gasteiger partial charge in [0.25, 0.3) is 5.69 Å². The molecule has 2 aromatic rings. The first-order valence-electron chi connectivity index (χ1n) is 8.96. The molecule has 0 atom stereocenters. The van der Waals surface area contributed by atoms with Crippen molar-refractivity contribution in [3.05, 3.63) is 75.0 Å². The number of nitrogens with zero attached hydrogens (tertiary/aromatic N) is 2. The van der Waals surface area contributed by atoms with E-state index in [0.717, 1.165) is 0 Å². The van der Waals surface area contributed by atoms with E-state index in [0.29, 0.717) is 35.3 Å². The fourth-order valence-corrected chi connectivity index (χ4v) is 2.75. The molecule has 0 fully saturated rings. The molecule has 0 saturated heterocycles. The maximum Gasteiger partial charge on any atom is 0.363 e. The van der Waals surface area contributed by atoms with Crippen LogP contribution in [0, 0.1) is 17.0 Å². The number of ether oxygens (including phenoxy) is 2. The Bertz CT molecular complexity index is 1040. The van der Waals surface area contributed by atoms with Crippen LogP contribution in [0.1, 0.15) is 36.5 Å². The van der Waals surface area contributed by atoms with Gasteiger partial charge in [-0.25, -0.2) is 9.79 Å². The van der Waals surface area contributed by atoms with Gasteiger partial charge in [-0.3, -0.25) is 14.9 Å². The van der Waals surface area contributed by atoms with E-state index < -0.39 is 10.9 Å². The van der Waals surface area contributed by atoms with Crippen molar-refractivity contribution in [1.29, 1.82) is 0 Å². The molecular weight excluding hydrogens is 376 g/mol. The first-order chi connectivity index (χ1) is 13.9. The normalized spacial score (nSPS) is 14.5. The van der Waals surface area contributed by atoms with Crippen LogP contribution in [-0.4, -0.2) is 22.8 Å². The van der Waals surface area contributed by atoms with Gasteiger partial charge in [0.05, 0.1) is 4.92 Å². The molecule has 2 aromatic carbocycles. The Morgan fingerprint density at radius 1 is 1.24 bits per heavy atom. The zero-order valence-corrected chi connectivity index (χ0v) is 15.9. The molecule has 0 N–H and O–H groups in total. The second-order valence-electron chi connectivity index (χ2n) is 6.34. The molecule has 8 heteroatoms. The fourth-order valence-electron chi connectivity index (χ4n) is 2.75. The Morgan fingerprint density at radius 2 is 1.97 bits per heavy atom. The van der Waals surface area contributed by atoms with E-state index in [1.54, 1.807) is 37.3 Å². The van der Waals surface area contributed by atoms with Crippen LogP contribution in [0.4, 0.5) is 5.69 Å². The summed E-state index contributed by atoms with van der Waals surface area (Å²) in [4.78, 5) is 38.5. The zero-order chi connectivity index (χ0) is 21.0. The molecule has 0 aliphatic carbocycles. The Hall–Kier alpha value is -3.81. The molecule has 0 amide bonds. The summed E-state index contributed by atoms with van der Waals surface area (Å²) in [6.07, 6.45) is 2.57. The minimum atomic E-state index is -0.649. The quantitative estimate of drug-likeness (QED) is 0.241. The van der Waals surface area contributed by atoms with Gasteiger partial charge in [-0.15, -0.1) is 0 Å². The summed E-state index contributed by atoms with van der Waals surface area (Å²) in [7, 11) is 0. The van der Waals surface area contributed by atoms with Gasteiger partial charge in [0.15, 0.2) is 5.70 Å². The minimum absolute atomic E-state index is 0.0209. The van der Waals surface area contributed by atoms with Crippen molar-refractivity contribution >= 4 is 29.6 Å². The number of benzene rings is 2. The summed E-state index contributed by atoms with van der Waals surface area (Å²) in [5.41, 5.74) is 1.40. The Morgan fingerprint density at radius 3 is 2.62 bits per heavy atom. The van der Waals surface area contributed by atoms with Gasteiger partial charge >= 0.3 is 11.9 Å². The highest BCUT2D eigenvalue weighted by Gasteiger charge is 2.27. The molecular formula is C21H18N2O6. The van der Waals surface area contributed by atoms with Crippen LogP contribution in [0.3, 0.4) is 0 Å². The number of carbonyl (C=O) groups is 2. The van der Waals surface area contributed by atoms with Crippen LogP contribution >= 0.6 is 0 Å². The van der Waals surface area contributed by atoms with Crippen molar-refractivity contribution in [2.45, 2.75) is 26.7 Å². The summed E-state index contributed by atoms with van der Waals surface area (Å²) in [6, 6.07) is 11.1. The molecule has 29 heavy (non-hydrogen) atoms. The average Bonchev–Trinajstić information content (AvgIpc) is 3.03. The van der Waals surface area contributed by atoms with Crippen LogP contribution in [0.15, 0.2) is 53.2 Å². The summed E-state index contributed by atoms with van der Waals surface area (Å²) < 4.78 is 10.4. The second kappa shape index (κ2) is 8.47. The van der Waals surface area contributed by atoms with Crippen molar-refractivity contribution in [3.63, 3.8) is 0 Å². The number of rotatable bonds is 6. The smallest absolute Gasteiger partial charge is 0.363 e. The maximum absolute atomic E-state index is 12.2. The predicted octanol–water partition coefficient (Wildman–Crippen LogP) is 3.95. The van der Waals surface area contributed by atoms with E-state index in [4.69, 9.17) is 9.47 Å². The summed E-state index contributed by atoms with van der Waals surface area (Å²) >= 11 is 0. The van der Waals surface area contributed by atoms with Gasteiger partial charge in [0.1, 0.15) is 5.75 Å². The van der Waals surface area contributed by atoms with E-state index in [9.17, 15) is 19.7 Å². The minimum Gasteiger partial charge on any atom is -0.427 e. The van der Waals surface area contributed by atoms with Crippen LogP contribution in [0.5, 0.6) is 5.75 Å². The van der Waals surface area contributed by atoms with Crippen molar-refractivity contribution < 1.29 is 24.0 Å². The van der Waals surface area contributed by atoms with Gasteiger partial charge in [-0.05, 0) is 43.2 Å². The van der Waals surface area contributed by atoms with Crippen LogP contribution < -0.4 is 4.74 Å². The number of nitro benzene ring substituents is 1. The van der Waals surface area contributed by atoms with Gasteiger partial charge in [0, 0.05) is 23.6 Å². The topological polar surface area (TPSA) is 108 Å². The zero-order valence-electron chi connectivity index (χ0n) is 15.9. The average molecular weight is 394 g/mol. The predicted molar refractivity (Wildman–Crippen MR) is 105 cm³/mol. The Labute approximate surface area is 166 Å². The monoisotopic (exact) mass is 394 g/mol. The third kappa shape index (κ3) is 4.55. The number of hydrogen-bond acceptors (Lipinski definition) is 7. The van der Waals surface area contributed by atoms with E-state index in [-0.39, 0.29) is 23.3 Å². The van der Waals surface area contributed by atoms with Crippen LogP contribution in [0.2, 0.25) is 0 Å². The highest BCUT2D eigenvalue weighted by molar-refractivity contribution is 6.13. The number of aliphatic imine (C=N–C) groups is 1. The van der Waals surface area contributed by atoms with Crippen molar-refractivity contribution in [1.82, 2.24) is 0 Å². The van der Waals surface area contributed by atoms with Gasteiger partial charge < -0.3 is 9.47 Å². The molecule has 8 nitrogen and oxygen atoms in total. The lowest BCUT2D eigenvalue weighted by molar-refractivity contribution is -0.385. The van der Waals surface area contributed by atoms with Crippen molar-refractivity contribution in [3.8, 4) is 5.75 Å². The summed E-state index contributed by atoms with van der Waals surface area (Å²) in [5, 5.41) is 11.1. The standard InChI is InChI=1S/C21H18N2O6/c1-3-5-19(24)28-15-10-8-14(9-11-15)12-17-21(25)29-20(22-17)16-6-4-7-18(13(16)2)23(26)27/h4,6-12H,3,5H2,1-2H3/b17-12-. The van der Waals surface area contributed by atoms with Gasteiger partial charge in [0.2, 0.25) is 5.90 Å². The highest BCUT2D eigenvalue weighted by atomic mass is 16.6. The first kappa shape index (κ1) is 19.9. The second-order valence-corrected chi connectivity index (χ2v) is 6.34. The van der Waals surface area contributed by atoms with Gasteiger partial charge in [-0.1, -0.05) is 25.1 Å². The molecule has 3 rings (SSSR count).